The number of carbonyl (C=O) groups is 1. The minimum Gasteiger partial charge on any atom is -0.347 e. The summed E-state index contributed by atoms with van der Waals surface area (Å²) in [6.07, 6.45) is -0.00700. The molecular weight excluding hydrogens is 381 g/mol. The first-order valence-electron chi connectivity index (χ1n) is 8.74. The quantitative estimate of drug-likeness (QED) is 0.784. The fraction of sp³-hybridized carbons (Fsp3) is 0.500. The minimum absolute atomic E-state index is 0.0231. The molecule has 3 rings (SSSR count). The van der Waals surface area contributed by atoms with Crippen LogP contribution in [-0.4, -0.2) is 55.9 Å². The van der Waals surface area contributed by atoms with Crippen molar-refractivity contribution in [1.29, 1.82) is 0 Å². The van der Waals surface area contributed by atoms with E-state index in [0.29, 0.717) is 0 Å². The highest BCUT2D eigenvalue weighted by atomic mass is 32.2. The Morgan fingerprint density at radius 2 is 1.89 bits per heavy atom. The summed E-state index contributed by atoms with van der Waals surface area (Å²) in [5.74, 6) is -0.606. The van der Waals surface area contributed by atoms with Gasteiger partial charge < -0.3 is 5.32 Å². The number of hydrogen-bond acceptors (Lipinski definition) is 4. The van der Waals surface area contributed by atoms with Gasteiger partial charge in [-0.25, -0.2) is 8.42 Å². The third-order valence-electron chi connectivity index (χ3n) is 4.90. The highest BCUT2D eigenvalue weighted by Crippen LogP contribution is 2.29. The molecule has 2 aliphatic rings. The van der Waals surface area contributed by atoms with Gasteiger partial charge in [-0.05, 0) is 49.7 Å². The fourth-order valence-electron chi connectivity index (χ4n) is 3.62. The normalized spacial score (nSPS) is 25.9. The number of hydrogen-bond donors (Lipinski definition) is 1. The predicted molar refractivity (Wildman–Crippen MR) is 95.7 cm³/mol. The molecule has 0 aliphatic carbocycles. The Labute approximate surface area is 156 Å². The first-order valence-corrected chi connectivity index (χ1v) is 10.6. The lowest BCUT2D eigenvalue weighted by Crippen LogP contribution is -2.49. The third kappa shape index (κ3) is 5.10. The van der Waals surface area contributed by atoms with Crippen molar-refractivity contribution in [3.63, 3.8) is 0 Å². The van der Waals surface area contributed by atoms with Gasteiger partial charge in [0.05, 0.1) is 23.1 Å². The van der Waals surface area contributed by atoms with E-state index in [1.165, 1.54) is 18.2 Å². The van der Waals surface area contributed by atoms with E-state index in [-0.39, 0.29) is 23.1 Å². The lowest BCUT2D eigenvalue weighted by molar-refractivity contribution is -0.137. The van der Waals surface area contributed by atoms with Crippen LogP contribution in [0, 0.1) is 0 Å². The zero-order chi connectivity index (χ0) is 19.7. The molecule has 0 spiro atoms. The molecule has 1 N–H and O–H groups in total. The summed E-state index contributed by atoms with van der Waals surface area (Å²) < 4.78 is 62.2. The molecule has 0 aromatic heterocycles. The molecule has 2 atom stereocenters. The van der Waals surface area contributed by atoms with E-state index < -0.39 is 33.5 Å². The minimum atomic E-state index is -4.45. The summed E-state index contributed by atoms with van der Waals surface area (Å²) in [5, 5.41) is 2.71. The second kappa shape index (κ2) is 7.63. The molecule has 27 heavy (non-hydrogen) atoms. The summed E-state index contributed by atoms with van der Waals surface area (Å²) in [7, 11) is -3.22. The summed E-state index contributed by atoms with van der Waals surface area (Å²) in [6.45, 7) is 1.62. The van der Waals surface area contributed by atoms with E-state index in [9.17, 15) is 26.4 Å². The van der Waals surface area contributed by atoms with Crippen LogP contribution in [-0.2, 0) is 20.8 Å². The first kappa shape index (κ1) is 19.9. The Bertz CT molecular complexity index is 830. The monoisotopic (exact) mass is 402 g/mol. The maximum absolute atomic E-state index is 12.7. The van der Waals surface area contributed by atoms with Crippen molar-refractivity contribution in [2.24, 2.45) is 0 Å². The second-order valence-corrected chi connectivity index (χ2v) is 9.11. The molecular formula is C18H21F3N2O3S. The Hall–Kier alpha value is -1.87. The molecule has 2 aliphatic heterocycles. The maximum atomic E-state index is 12.7. The number of carbonyl (C=O) groups excluding carboxylic acids is 1. The molecule has 9 heteroatoms. The molecule has 5 nitrogen and oxygen atoms in total. The van der Waals surface area contributed by atoms with Gasteiger partial charge in [0.15, 0.2) is 9.84 Å². The van der Waals surface area contributed by atoms with Gasteiger partial charge in [0.1, 0.15) is 0 Å². The van der Waals surface area contributed by atoms with E-state index in [4.69, 9.17) is 0 Å². The molecule has 2 saturated heterocycles. The number of alkyl halides is 3. The number of amides is 1. The largest absolute Gasteiger partial charge is 0.416 e. The van der Waals surface area contributed by atoms with E-state index in [1.54, 1.807) is 0 Å². The molecule has 1 amide bonds. The van der Waals surface area contributed by atoms with Gasteiger partial charge in [0.25, 0.3) is 0 Å². The molecule has 1 aromatic rings. The van der Waals surface area contributed by atoms with E-state index in [1.807, 2.05) is 0 Å². The second-order valence-electron chi connectivity index (χ2n) is 6.96. The van der Waals surface area contributed by atoms with Crippen molar-refractivity contribution in [1.82, 2.24) is 10.2 Å². The summed E-state index contributed by atoms with van der Waals surface area (Å²) in [5.41, 5.74) is -0.545. The van der Waals surface area contributed by atoms with Crippen LogP contribution < -0.4 is 5.32 Å². The van der Waals surface area contributed by atoms with Crippen LogP contribution in [0.1, 0.15) is 24.0 Å². The smallest absolute Gasteiger partial charge is 0.347 e. The number of likely N-dealkylation sites (tertiary alicyclic amines) is 1. The van der Waals surface area contributed by atoms with Crippen molar-refractivity contribution in [3.05, 3.63) is 41.5 Å². The summed E-state index contributed by atoms with van der Waals surface area (Å²) in [4.78, 5) is 14.3. The SMILES string of the molecule is O=C(/C=C/c1cccc(C(F)(F)F)c1)NC1CS(=O)(=O)CC1N1CCCC1. The van der Waals surface area contributed by atoms with Crippen LogP contribution in [0.2, 0.25) is 0 Å². The van der Waals surface area contributed by atoms with Gasteiger partial charge in [-0.3, -0.25) is 9.69 Å². The van der Waals surface area contributed by atoms with Crippen LogP contribution in [0.15, 0.2) is 30.3 Å². The molecule has 1 aromatic carbocycles. The third-order valence-corrected chi connectivity index (χ3v) is 6.62. The van der Waals surface area contributed by atoms with Crippen molar-refractivity contribution in [2.75, 3.05) is 24.6 Å². The van der Waals surface area contributed by atoms with Crippen LogP contribution in [0.25, 0.3) is 6.08 Å². The topological polar surface area (TPSA) is 66.5 Å². The van der Waals surface area contributed by atoms with Crippen molar-refractivity contribution < 1.29 is 26.4 Å². The van der Waals surface area contributed by atoms with Gasteiger partial charge in [-0.2, -0.15) is 13.2 Å². The van der Waals surface area contributed by atoms with Gasteiger partial charge in [0, 0.05) is 12.1 Å². The van der Waals surface area contributed by atoms with E-state index in [0.717, 1.165) is 44.1 Å². The van der Waals surface area contributed by atoms with Crippen molar-refractivity contribution in [3.8, 4) is 0 Å². The lowest BCUT2D eigenvalue weighted by Gasteiger charge is -2.28. The average molecular weight is 402 g/mol. The molecule has 2 unspecified atom stereocenters. The molecule has 2 fully saturated rings. The van der Waals surface area contributed by atoms with E-state index in [2.05, 4.69) is 10.2 Å². The van der Waals surface area contributed by atoms with Gasteiger partial charge in [0.2, 0.25) is 5.91 Å². The highest BCUT2D eigenvalue weighted by Gasteiger charge is 2.42. The van der Waals surface area contributed by atoms with Crippen LogP contribution in [0.4, 0.5) is 13.2 Å². The van der Waals surface area contributed by atoms with Crippen LogP contribution in [0.5, 0.6) is 0 Å². The zero-order valence-corrected chi connectivity index (χ0v) is 15.4. The maximum Gasteiger partial charge on any atom is 0.416 e. The molecule has 148 valence electrons. The Morgan fingerprint density at radius 3 is 2.56 bits per heavy atom. The number of rotatable bonds is 4. The molecule has 0 saturated carbocycles. The van der Waals surface area contributed by atoms with Crippen LogP contribution in [0.3, 0.4) is 0 Å². The highest BCUT2D eigenvalue weighted by molar-refractivity contribution is 7.91. The van der Waals surface area contributed by atoms with Crippen molar-refractivity contribution in [2.45, 2.75) is 31.1 Å². The number of halogens is 3. The van der Waals surface area contributed by atoms with Gasteiger partial charge >= 0.3 is 6.18 Å². The number of benzene rings is 1. The summed E-state index contributed by atoms with van der Waals surface area (Å²) >= 11 is 0. The Morgan fingerprint density at radius 1 is 1.19 bits per heavy atom. The lowest BCUT2D eigenvalue weighted by atomic mass is 10.1. The predicted octanol–water partition coefficient (Wildman–Crippen LogP) is 2.10. The Balaban J connectivity index is 1.66. The fourth-order valence-corrected chi connectivity index (χ4v) is 5.57. The number of sulfone groups is 1. The molecule has 2 heterocycles. The van der Waals surface area contributed by atoms with E-state index >= 15 is 0 Å². The average Bonchev–Trinajstić information content (AvgIpc) is 3.20. The molecule has 0 radical (unpaired) electrons. The van der Waals surface area contributed by atoms with Crippen molar-refractivity contribution >= 4 is 21.8 Å². The van der Waals surface area contributed by atoms with Crippen LogP contribution >= 0.6 is 0 Å². The number of nitrogens with one attached hydrogen (secondary N) is 1. The molecule has 0 bridgehead atoms. The summed E-state index contributed by atoms with van der Waals surface area (Å²) in [6, 6.07) is 3.90. The Kier molecular flexibility index (Phi) is 5.62. The van der Waals surface area contributed by atoms with Gasteiger partial charge in [-0.15, -0.1) is 0 Å². The standard InChI is InChI=1S/C18H21F3N2O3S/c19-18(20,21)14-5-3-4-13(10-14)6-7-17(24)22-15-11-27(25,26)12-16(15)23-8-1-2-9-23/h3-7,10,15-16H,1-2,8-9,11-12H2,(H,22,24)/b7-6+. The first-order chi connectivity index (χ1) is 12.6. The van der Waals surface area contributed by atoms with Gasteiger partial charge in [-0.1, -0.05) is 12.1 Å². The number of nitrogens with zero attached hydrogens (tertiary/aromatic N) is 1. The zero-order valence-electron chi connectivity index (χ0n) is 14.6.